The maximum atomic E-state index is 5.22. The van der Waals surface area contributed by atoms with E-state index < -0.39 is 0 Å². The topological polar surface area (TPSA) is 12.5 Å². The highest BCUT2D eigenvalue weighted by Gasteiger charge is 2.31. The van der Waals surface area contributed by atoms with Gasteiger partial charge in [-0.25, -0.2) is 0 Å². The molecular formula is C9H19NO. The van der Waals surface area contributed by atoms with Gasteiger partial charge in [0.05, 0.1) is 6.10 Å². The fourth-order valence-corrected chi connectivity index (χ4v) is 1.63. The highest BCUT2D eigenvalue weighted by Crippen LogP contribution is 2.26. The molecule has 1 saturated carbocycles. The first-order valence-corrected chi connectivity index (χ1v) is 4.51. The summed E-state index contributed by atoms with van der Waals surface area (Å²) in [7, 11) is 4.01. The SMILES string of the molecule is CCCN(C)C1CC(OC)C1. The van der Waals surface area contributed by atoms with E-state index in [-0.39, 0.29) is 0 Å². The summed E-state index contributed by atoms with van der Waals surface area (Å²) in [6.07, 6.45) is 4.25. The number of hydrogen-bond acceptors (Lipinski definition) is 2. The average Bonchev–Trinajstić information content (AvgIpc) is 1.86. The lowest BCUT2D eigenvalue weighted by atomic mass is 9.88. The molecule has 0 unspecified atom stereocenters. The Hall–Kier alpha value is -0.0800. The molecule has 2 heteroatoms. The fourth-order valence-electron chi connectivity index (χ4n) is 1.63. The smallest absolute Gasteiger partial charge is 0.0601 e. The molecule has 0 bridgehead atoms. The van der Waals surface area contributed by atoms with Gasteiger partial charge in [0.2, 0.25) is 0 Å². The van der Waals surface area contributed by atoms with E-state index >= 15 is 0 Å². The van der Waals surface area contributed by atoms with Crippen molar-refractivity contribution in [3.05, 3.63) is 0 Å². The molecule has 1 fully saturated rings. The molecule has 0 atom stereocenters. The summed E-state index contributed by atoms with van der Waals surface area (Å²) in [5.74, 6) is 0. The lowest BCUT2D eigenvalue weighted by molar-refractivity contribution is -0.0192. The van der Waals surface area contributed by atoms with Crippen LogP contribution in [0.2, 0.25) is 0 Å². The summed E-state index contributed by atoms with van der Waals surface area (Å²) in [6, 6.07) is 0.792. The van der Waals surface area contributed by atoms with E-state index in [4.69, 9.17) is 4.74 Å². The summed E-state index contributed by atoms with van der Waals surface area (Å²) in [4.78, 5) is 2.44. The zero-order chi connectivity index (χ0) is 8.27. The normalized spacial score (nSPS) is 30.5. The molecular weight excluding hydrogens is 138 g/mol. The summed E-state index contributed by atoms with van der Waals surface area (Å²) < 4.78 is 5.22. The largest absolute Gasteiger partial charge is 0.381 e. The molecule has 2 nitrogen and oxygen atoms in total. The van der Waals surface area contributed by atoms with Crippen molar-refractivity contribution in [2.24, 2.45) is 0 Å². The quantitative estimate of drug-likeness (QED) is 0.613. The van der Waals surface area contributed by atoms with Crippen molar-refractivity contribution in [1.82, 2.24) is 4.90 Å². The van der Waals surface area contributed by atoms with E-state index in [2.05, 4.69) is 18.9 Å². The van der Waals surface area contributed by atoms with Crippen LogP contribution < -0.4 is 0 Å². The Morgan fingerprint density at radius 2 is 2.09 bits per heavy atom. The van der Waals surface area contributed by atoms with Crippen LogP contribution in [0, 0.1) is 0 Å². The second-order valence-electron chi connectivity index (χ2n) is 3.46. The minimum atomic E-state index is 0.541. The van der Waals surface area contributed by atoms with Gasteiger partial charge in [-0.05, 0) is 32.9 Å². The van der Waals surface area contributed by atoms with Gasteiger partial charge in [-0.1, -0.05) is 6.92 Å². The first-order valence-electron chi connectivity index (χ1n) is 4.51. The molecule has 0 saturated heterocycles. The van der Waals surface area contributed by atoms with E-state index in [0.717, 1.165) is 6.04 Å². The van der Waals surface area contributed by atoms with E-state index in [9.17, 15) is 0 Å². The molecule has 0 heterocycles. The molecule has 0 radical (unpaired) electrons. The molecule has 0 aromatic carbocycles. The van der Waals surface area contributed by atoms with Crippen LogP contribution in [0.3, 0.4) is 0 Å². The van der Waals surface area contributed by atoms with Crippen LogP contribution >= 0.6 is 0 Å². The highest BCUT2D eigenvalue weighted by molar-refractivity contribution is 4.86. The van der Waals surface area contributed by atoms with Gasteiger partial charge in [-0.2, -0.15) is 0 Å². The molecule has 1 rings (SSSR count). The lowest BCUT2D eigenvalue weighted by Gasteiger charge is -2.40. The minimum absolute atomic E-state index is 0.541. The van der Waals surface area contributed by atoms with Crippen molar-refractivity contribution in [3.63, 3.8) is 0 Å². The molecule has 0 spiro atoms. The van der Waals surface area contributed by atoms with Crippen LogP contribution in [0.25, 0.3) is 0 Å². The van der Waals surface area contributed by atoms with Crippen molar-refractivity contribution in [2.45, 2.75) is 38.3 Å². The molecule has 66 valence electrons. The van der Waals surface area contributed by atoms with Crippen molar-refractivity contribution in [1.29, 1.82) is 0 Å². The van der Waals surface area contributed by atoms with Gasteiger partial charge in [-0.3, -0.25) is 0 Å². The van der Waals surface area contributed by atoms with Gasteiger partial charge >= 0.3 is 0 Å². The van der Waals surface area contributed by atoms with E-state index in [1.165, 1.54) is 25.8 Å². The maximum absolute atomic E-state index is 5.22. The Morgan fingerprint density at radius 1 is 1.45 bits per heavy atom. The zero-order valence-corrected chi connectivity index (χ0v) is 7.84. The van der Waals surface area contributed by atoms with Crippen LogP contribution in [0.15, 0.2) is 0 Å². The molecule has 0 aromatic rings. The zero-order valence-electron chi connectivity index (χ0n) is 7.84. The van der Waals surface area contributed by atoms with Crippen molar-refractivity contribution < 1.29 is 4.74 Å². The molecule has 1 aliphatic rings. The van der Waals surface area contributed by atoms with Gasteiger partial charge in [0.15, 0.2) is 0 Å². The molecule has 0 amide bonds. The molecule has 0 N–H and O–H groups in total. The first kappa shape index (κ1) is 9.01. The number of methoxy groups -OCH3 is 1. The predicted octanol–water partition coefficient (Wildman–Crippen LogP) is 1.51. The fraction of sp³-hybridized carbons (Fsp3) is 1.00. The Labute approximate surface area is 69.5 Å². The predicted molar refractivity (Wildman–Crippen MR) is 46.7 cm³/mol. The number of nitrogens with zero attached hydrogens (tertiary/aromatic N) is 1. The van der Waals surface area contributed by atoms with Crippen LogP contribution in [0.1, 0.15) is 26.2 Å². The van der Waals surface area contributed by atoms with E-state index in [0.29, 0.717) is 6.10 Å². The second-order valence-corrected chi connectivity index (χ2v) is 3.46. The first-order chi connectivity index (χ1) is 5.27. The summed E-state index contributed by atoms with van der Waals surface area (Å²) in [5.41, 5.74) is 0. The third-order valence-electron chi connectivity index (χ3n) is 2.60. The monoisotopic (exact) mass is 157 g/mol. The number of hydrogen-bond donors (Lipinski definition) is 0. The Morgan fingerprint density at radius 3 is 2.55 bits per heavy atom. The summed E-state index contributed by atoms with van der Waals surface area (Å²) in [5, 5.41) is 0. The van der Waals surface area contributed by atoms with Crippen LogP contribution in [-0.4, -0.2) is 37.7 Å². The lowest BCUT2D eigenvalue weighted by Crippen LogP contribution is -2.46. The van der Waals surface area contributed by atoms with Gasteiger partial charge < -0.3 is 9.64 Å². The van der Waals surface area contributed by atoms with Crippen molar-refractivity contribution in [2.75, 3.05) is 20.7 Å². The van der Waals surface area contributed by atoms with Crippen molar-refractivity contribution >= 4 is 0 Å². The van der Waals surface area contributed by atoms with Crippen LogP contribution in [0.5, 0.6) is 0 Å². The maximum Gasteiger partial charge on any atom is 0.0601 e. The molecule has 11 heavy (non-hydrogen) atoms. The van der Waals surface area contributed by atoms with Gasteiger partial charge in [0, 0.05) is 13.2 Å². The molecule has 0 aromatic heterocycles. The molecule has 0 aliphatic heterocycles. The summed E-state index contributed by atoms with van der Waals surface area (Å²) >= 11 is 0. The Bertz CT molecular complexity index is 110. The highest BCUT2D eigenvalue weighted by atomic mass is 16.5. The van der Waals surface area contributed by atoms with Crippen LogP contribution in [0.4, 0.5) is 0 Å². The third kappa shape index (κ3) is 2.17. The minimum Gasteiger partial charge on any atom is -0.381 e. The van der Waals surface area contributed by atoms with Gasteiger partial charge in [0.25, 0.3) is 0 Å². The van der Waals surface area contributed by atoms with E-state index in [1.54, 1.807) is 7.11 Å². The standard InChI is InChI=1S/C9H19NO/c1-4-5-10(2)8-6-9(7-8)11-3/h8-9H,4-7H2,1-3H3. The number of rotatable bonds is 4. The van der Waals surface area contributed by atoms with E-state index in [1.807, 2.05) is 0 Å². The average molecular weight is 157 g/mol. The third-order valence-corrected chi connectivity index (χ3v) is 2.60. The Balaban J connectivity index is 2.10. The van der Waals surface area contributed by atoms with Gasteiger partial charge in [0.1, 0.15) is 0 Å². The van der Waals surface area contributed by atoms with Crippen LogP contribution in [-0.2, 0) is 4.74 Å². The van der Waals surface area contributed by atoms with Crippen molar-refractivity contribution in [3.8, 4) is 0 Å². The number of ether oxygens (including phenoxy) is 1. The second kappa shape index (κ2) is 4.07. The Kier molecular flexibility index (Phi) is 3.34. The molecule has 1 aliphatic carbocycles. The van der Waals surface area contributed by atoms with Gasteiger partial charge in [-0.15, -0.1) is 0 Å². The summed E-state index contributed by atoms with van der Waals surface area (Å²) in [6.45, 7) is 3.45.